The lowest BCUT2D eigenvalue weighted by Crippen LogP contribution is -2.45. The second kappa shape index (κ2) is 68.1. The van der Waals surface area contributed by atoms with Crippen LogP contribution in [-0.2, 0) is 14.3 Å². The number of amides is 1. The minimum Gasteiger partial charge on any atom is -0.466 e. The van der Waals surface area contributed by atoms with Crippen molar-refractivity contribution in [2.75, 3.05) is 13.2 Å². The summed E-state index contributed by atoms with van der Waals surface area (Å²) >= 11 is 0. The largest absolute Gasteiger partial charge is 0.466 e. The smallest absolute Gasteiger partial charge is 0.305 e. The van der Waals surface area contributed by atoms with Gasteiger partial charge in [0.1, 0.15) is 0 Å². The van der Waals surface area contributed by atoms with Gasteiger partial charge < -0.3 is 20.3 Å². The van der Waals surface area contributed by atoms with E-state index in [9.17, 15) is 19.8 Å². The van der Waals surface area contributed by atoms with Gasteiger partial charge in [-0.25, -0.2) is 0 Å². The van der Waals surface area contributed by atoms with Gasteiger partial charge in [0.05, 0.1) is 25.4 Å². The lowest BCUT2D eigenvalue weighted by atomic mass is 10.0. The highest BCUT2D eigenvalue weighted by molar-refractivity contribution is 5.76. The van der Waals surface area contributed by atoms with Crippen molar-refractivity contribution in [1.82, 2.24) is 5.32 Å². The maximum absolute atomic E-state index is 12.5. The number of allylic oxidation sites excluding steroid dienone is 9. The number of carbonyl (C=O) groups excluding carboxylic acids is 2. The number of aliphatic hydroxyl groups excluding tert-OH is 2. The first-order valence-electron chi connectivity index (χ1n) is 35.1. The van der Waals surface area contributed by atoms with Gasteiger partial charge >= 0.3 is 5.97 Å². The molecule has 0 radical (unpaired) electrons. The third-order valence-corrected chi connectivity index (χ3v) is 16.0. The molecule has 0 aromatic carbocycles. The number of carbonyl (C=O) groups is 2. The van der Waals surface area contributed by atoms with Crippen LogP contribution in [0.4, 0.5) is 0 Å². The molecule has 0 aromatic heterocycles. The number of aliphatic hydroxyl groups is 2. The van der Waals surface area contributed by atoms with Gasteiger partial charge in [0.15, 0.2) is 0 Å². The number of esters is 1. The normalized spacial score (nSPS) is 12.9. The van der Waals surface area contributed by atoms with Crippen molar-refractivity contribution in [1.29, 1.82) is 0 Å². The second-order valence-corrected chi connectivity index (χ2v) is 23.9. The van der Waals surface area contributed by atoms with E-state index in [-0.39, 0.29) is 18.5 Å². The van der Waals surface area contributed by atoms with E-state index in [1.165, 1.54) is 283 Å². The zero-order valence-electron chi connectivity index (χ0n) is 52.9. The molecule has 3 N–H and O–H groups in total. The molecular formula is C73H135NO5. The van der Waals surface area contributed by atoms with E-state index in [0.717, 1.165) is 57.8 Å². The highest BCUT2D eigenvalue weighted by Gasteiger charge is 2.18. The van der Waals surface area contributed by atoms with Crippen LogP contribution in [0.15, 0.2) is 60.8 Å². The average Bonchev–Trinajstić information content (AvgIpc) is 3.45. The van der Waals surface area contributed by atoms with Crippen LogP contribution in [0.1, 0.15) is 367 Å². The number of rotatable bonds is 65. The molecule has 0 fully saturated rings. The first-order chi connectivity index (χ1) is 39.0. The molecule has 2 atom stereocenters. The van der Waals surface area contributed by atoms with Crippen LogP contribution in [0.2, 0.25) is 0 Å². The van der Waals surface area contributed by atoms with Crippen LogP contribution in [0.5, 0.6) is 0 Å². The van der Waals surface area contributed by atoms with E-state index in [2.05, 4.69) is 67.8 Å². The Kier molecular flexibility index (Phi) is 66.0. The van der Waals surface area contributed by atoms with Gasteiger partial charge in [-0.3, -0.25) is 9.59 Å². The summed E-state index contributed by atoms with van der Waals surface area (Å²) in [6, 6.07) is -0.626. The van der Waals surface area contributed by atoms with E-state index in [1.807, 2.05) is 6.08 Å². The molecular weight excluding hydrogens is 971 g/mol. The quantitative estimate of drug-likeness (QED) is 0.0320. The van der Waals surface area contributed by atoms with Crippen LogP contribution in [-0.4, -0.2) is 47.4 Å². The highest BCUT2D eigenvalue weighted by atomic mass is 16.5. The Labute approximate surface area is 492 Å². The van der Waals surface area contributed by atoms with Crippen LogP contribution in [0, 0.1) is 0 Å². The molecule has 0 saturated carbocycles. The fraction of sp³-hybridized carbons (Fsp3) is 0.836. The number of nitrogens with one attached hydrogen (secondary N) is 1. The van der Waals surface area contributed by atoms with E-state index in [4.69, 9.17) is 4.74 Å². The molecule has 0 rings (SSSR count). The van der Waals surface area contributed by atoms with Gasteiger partial charge in [0.25, 0.3) is 0 Å². The molecule has 6 heteroatoms. The third-order valence-electron chi connectivity index (χ3n) is 16.0. The Bertz CT molecular complexity index is 1370. The molecule has 0 aliphatic rings. The van der Waals surface area contributed by atoms with Crippen LogP contribution >= 0.6 is 0 Å². The van der Waals surface area contributed by atoms with Gasteiger partial charge in [-0.1, -0.05) is 319 Å². The van der Waals surface area contributed by atoms with E-state index in [1.54, 1.807) is 6.08 Å². The highest BCUT2D eigenvalue weighted by Crippen LogP contribution is 2.18. The summed E-state index contributed by atoms with van der Waals surface area (Å²) in [7, 11) is 0. The molecule has 79 heavy (non-hydrogen) atoms. The van der Waals surface area contributed by atoms with Crippen molar-refractivity contribution in [3.8, 4) is 0 Å². The first-order valence-corrected chi connectivity index (χ1v) is 35.1. The van der Waals surface area contributed by atoms with E-state index in [0.29, 0.717) is 19.4 Å². The molecule has 0 saturated heterocycles. The predicted octanol–water partition coefficient (Wildman–Crippen LogP) is 22.6. The van der Waals surface area contributed by atoms with Gasteiger partial charge in [-0.2, -0.15) is 0 Å². The van der Waals surface area contributed by atoms with Crippen molar-refractivity contribution >= 4 is 11.9 Å². The van der Waals surface area contributed by atoms with E-state index < -0.39 is 12.1 Å². The Balaban J connectivity index is 3.38. The summed E-state index contributed by atoms with van der Waals surface area (Å²) in [4.78, 5) is 24.5. The molecule has 6 nitrogen and oxygen atoms in total. The third kappa shape index (κ3) is 64.6. The maximum atomic E-state index is 12.5. The topological polar surface area (TPSA) is 95.9 Å². The predicted molar refractivity (Wildman–Crippen MR) is 347 cm³/mol. The molecule has 0 aliphatic carbocycles. The molecule has 2 unspecified atom stereocenters. The van der Waals surface area contributed by atoms with E-state index >= 15 is 0 Å². The summed E-state index contributed by atoms with van der Waals surface area (Å²) in [6.45, 7) is 4.88. The number of hydrogen-bond acceptors (Lipinski definition) is 5. The minimum absolute atomic E-state index is 0.00590. The summed E-state index contributed by atoms with van der Waals surface area (Å²) in [5.41, 5.74) is 0. The van der Waals surface area contributed by atoms with Crippen LogP contribution < -0.4 is 5.32 Å². The monoisotopic (exact) mass is 1110 g/mol. The molecule has 0 spiro atoms. The standard InChI is InChI=1S/C73H135NO5/c1-3-5-7-9-11-13-15-17-18-36-40-43-47-51-55-59-63-67-73(78)79-68-64-60-56-52-48-44-41-38-35-33-31-29-27-25-23-21-19-20-22-24-26-28-30-32-34-37-39-42-46-50-54-58-62-66-72(77)74-70(69-75)71(76)65-61-57-53-49-45-16-14-12-10-8-6-4-2/h11,13,17-18,23,25,29,31,61,65,70-71,75-76H,3-10,12,14-16,19-22,24,26-28,30,32-60,62-64,66-69H2,1-2H3,(H,74,77)/b13-11-,18-17-,25-23-,31-29-,65-61+. The fourth-order valence-corrected chi connectivity index (χ4v) is 10.6. The van der Waals surface area contributed by atoms with Gasteiger partial charge in [0.2, 0.25) is 5.91 Å². The summed E-state index contributed by atoms with van der Waals surface area (Å²) in [5.74, 6) is -0.0603. The summed E-state index contributed by atoms with van der Waals surface area (Å²) < 4.78 is 5.49. The van der Waals surface area contributed by atoms with Gasteiger partial charge in [-0.05, 0) is 96.3 Å². The van der Waals surface area contributed by atoms with Crippen molar-refractivity contribution in [3.05, 3.63) is 60.8 Å². The Morgan fingerprint density at radius 2 is 0.633 bits per heavy atom. The van der Waals surface area contributed by atoms with Crippen LogP contribution in [0.25, 0.3) is 0 Å². The lowest BCUT2D eigenvalue weighted by Gasteiger charge is -2.20. The summed E-state index contributed by atoms with van der Waals surface area (Å²) in [5, 5.41) is 23.1. The molecule has 0 bridgehead atoms. The average molecular weight is 1110 g/mol. The van der Waals surface area contributed by atoms with Gasteiger partial charge in [-0.15, -0.1) is 0 Å². The molecule has 0 aliphatic heterocycles. The Morgan fingerprint density at radius 3 is 0.987 bits per heavy atom. The number of unbranched alkanes of at least 4 members (excludes halogenated alkanes) is 46. The Morgan fingerprint density at radius 1 is 0.354 bits per heavy atom. The van der Waals surface area contributed by atoms with Crippen molar-refractivity contribution in [2.45, 2.75) is 379 Å². The molecule has 0 heterocycles. The fourth-order valence-electron chi connectivity index (χ4n) is 10.6. The minimum atomic E-state index is -0.843. The lowest BCUT2D eigenvalue weighted by molar-refractivity contribution is -0.143. The molecule has 462 valence electrons. The maximum Gasteiger partial charge on any atom is 0.305 e. The Hall–Kier alpha value is -2.44. The summed E-state index contributed by atoms with van der Waals surface area (Å²) in [6.07, 6.45) is 90.2. The molecule has 0 aromatic rings. The number of ether oxygens (including phenoxy) is 1. The zero-order chi connectivity index (χ0) is 57.1. The second-order valence-electron chi connectivity index (χ2n) is 23.9. The van der Waals surface area contributed by atoms with Crippen LogP contribution in [0.3, 0.4) is 0 Å². The van der Waals surface area contributed by atoms with Crippen molar-refractivity contribution < 1.29 is 24.5 Å². The zero-order valence-corrected chi connectivity index (χ0v) is 52.9. The molecule has 1 amide bonds. The van der Waals surface area contributed by atoms with Gasteiger partial charge in [0, 0.05) is 12.8 Å². The number of hydrogen-bond donors (Lipinski definition) is 3. The first kappa shape index (κ1) is 76.6. The van der Waals surface area contributed by atoms with Crippen molar-refractivity contribution in [3.63, 3.8) is 0 Å². The SMILES string of the molecule is CCCCC/C=C\C/C=C\CCCCCCCCCC(=O)OCCCCCCCCCCC/C=C\C/C=C\CCCCCCCCCCCCCCCCCCCC(=O)NC(CO)C(O)/C=C/CCCCCCCCCCCC. The van der Waals surface area contributed by atoms with Crippen molar-refractivity contribution in [2.24, 2.45) is 0 Å².